The number of esters is 1. The Hall–Kier alpha value is -2.77. The van der Waals surface area contributed by atoms with Crippen molar-refractivity contribution in [2.75, 3.05) is 18.0 Å². The molecule has 0 spiro atoms. The van der Waals surface area contributed by atoms with Gasteiger partial charge < -0.3 is 9.64 Å². The fraction of sp³-hybridized carbons (Fsp3) is 0.200. The van der Waals surface area contributed by atoms with E-state index in [0.29, 0.717) is 23.1 Å². The second-order valence-corrected chi connectivity index (χ2v) is 7.26. The molecule has 144 valence electrons. The second kappa shape index (κ2) is 9.43. The Kier molecular flexibility index (Phi) is 6.73. The molecular weight excluding hydrogens is 396 g/mol. The quantitative estimate of drug-likeness (QED) is 0.247. The highest BCUT2D eigenvalue weighted by atomic mass is 35.5. The van der Waals surface area contributed by atoms with Gasteiger partial charge in [-0.3, -0.25) is 4.79 Å². The number of nitrogens with zero attached hydrogens (tertiary/aromatic N) is 4. The topological polar surface area (TPSA) is 67.2 Å². The minimum Gasteiger partial charge on any atom is -0.435 e. The fourth-order valence-corrected chi connectivity index (χ4v) is 3.67. The van der Waals surface area contributed by atoms with Crippen LogP contribution < -0.4 is 4.90 Å². The van der Waals surface area contributed by atoms with Gasteiger partial charge in [0.15, 0.2) is 0 Å². The Morgan fingerprint density at radius 1 is 1.29 bits per heavy atom. The molecule has 1 aromatic heterocycles. The van der Waals surface area contributed by atoms with Crippen LogP contribution in [0.3, 0.4) is 0 Å². The molecule has 3 rings (SSSR count). The second-order valence-electron chi connectivity index (χ2n) is 5.81. The van der Waals surface area contributed by atoms with E-state index < -0.39 is 0 Å². The number of anilines is 1. The lowest BCUT2D eigenvalue weighted by Gasteiger charge is -2.22. The third kappa shape index (κ3) is 5.15. The zero-order valence-electron chi connectivity index (χ0n) is 15.3. The van der Waals surface area contributed by atoms with Crippen LogP contribution in [-0.4, -0.2) is 24.0 Å². The maximum absolute atomic E-state index is 11.5. The first-order valence-electron chi connectivity index (χ1n) is 8.72. The van der Waals surface area contributed by atoms with Crippen LogP contribution in [-0.2, 0) is 9.53 Å². The Morgan fingerprint density at radius 3 is 2.79 bits per heavy atom. The molecule has 3 aromatic rings. The molecule has 0 saturated carbocycles. The van der Waals surface area contributed by atoms with E-state index in [0.717, 1.165) is 34.4 Å². The Labute approximate surface area is 172 Å². The number of fused-ring (bicyclic) bond motifs is 1. The number of carbonyl (C=O) groups excluding carboxylic acids is 1. The molecule has 0 aliphatic heterocycles. The molecule has 0 unspecified atom stereocenters. The van der Waals surface area contributed by atoms with Gasteiger partial charge in [-0.05, 0) is 49.4 Å². The van der Waals surface area contributed by atoms with Crippen LogP contribution in [0.2, 0.25) is 5.02 Å². The number of halogens is 1. The van der Waals surface area contributed by atoms with E-state index in [1.807, 2.05) is 43.3 Å². The van der Waals surface area contributed by atoms with Crippen LogP contribution in [0.4, 0.5) is 16.5 Å². The molecular formula is C20H19ClN4O2S. The zero-order valence-corrected chi connectivity index (χ0v) is 16.9. The SMILES string of the molecule is C=COC(=O)CCN(CC)c1ccc(/N=N/c2nc3ccc(Cl)cc3s2)cc1. The summed E-state index contributed by atoms with van der Waals surface area (Å²) >= 11 is 7.44. The maximum atomic E-state index is 11.5. The standard InChI is InChI=1S/C20H19ClN4O2S/c1-3-25(12-11-19(26)27-4-2)16-8-6-15(7-9-16)23-24-20-22-17-10-5-14(21)13-18(17)28-20/h4-10,13H,2-3,11-12H2,1H3/b24-23+. The summed E-state index contributed by atoms with van der Waals surface area (Å²) in [4.78, 5) is 18.0. The number of rotatable bonds is 8. The molecule has 0 amide bonds. The molecule has 0 radical (unpaired) electrons. The van der Waals surface area contributed by atoms with Crippen molar-refractivity contribution in [1.29, 1.82) is 0 Å². The van der Waals surface area contributed by atoms with Gasteiger partial charge in [0.25, 0.3) is 0 Å². The molecule has 1 heterocycles. The molecule has 0 N–H and O–H groups in total. The molecule has 0 fully saturated rings. The minimum atomic E-state index is -0.295. The molecule has 0 bridgehead atoms. The van der Waals surface area contributed by atoms with Gasteiger partial charge in [0.05, 0.1) is 28.6 Å². The highest BCUT2D eigenvalue weighted by molar-refractivity contribution is 7.21. The number of carbonyl (C=O) groups is 1. The van der Waals surface area contributed by atoms with Gasteiger partial charge in [-0.15, -0.1) is 10.2 Å². The van der Waals surface area contributed by atoms with E-state index in [9.17, 15) is 4.79 Å². The summed E-state index contributed by atoms with van der Waals surface area (Å²) < 4.78 is 5.73. The predicted octanol–water partition coefficient (Wildman–Crippen LogP) is 6.27. The average molecular weight is 415 g/mol. The summed E-state index contributed by atoms with van der Waals surface area (Å²) in [7, 11) is 0. The van der Waals surface area contributed by atoms with E-state index in [-0.39, 0.29) is 5.97 Å². The van der Waals surface area contributed by atoms with Crippen LogP contribution in [0.25, 0.3) is 10.2 Å². The number of azo groups is 1. The van der Waals surface area contributed by atoms with Crippen molar-refractivity contribution in [1.82, 2.24) is 4.98 Å². The smallest absolute Gasteiger partial charge is 0.312 e. The number of hydrogen-bond acceptors (Lipinski definition) is 7. The van der Waals surface area contributed by atoms with Crippen LogP contribution in [0.15, 0.2) is 65.5 Å². The third-order valence-corrected chi connectivity index (χ3v) is 5.12. The number of aromatic nitrogens is 1. The first kappa shape index (κ1) is 20.0. The van der Waals surface area contributed by atoms with E-state index in [1.165, 1.54) is 11.3 Å². The van der Waals surface area contributed by atoms with Gasteiger partial charge in [-0.2, -0.15) is 0 Å². The molecule has 6 nitrogen and oxygen atoms in total. The normalized spacial score (nSPS) is 11.1. The zero-order chi connectivity index (χ0) is 19.9. The average Bonchev–Trinajstić information content (AvgIpc) is 3.10. The number of hydrogen-bond donors (Lipinski definition) is 0. The highest BCUT2D eigenvalue weighted by Crippen LogP contribution is 2.31. The summed E-state index contributed by atoms with van der Waals surface area (Å²) in [5.74, 6) is -0.295. The van der Waals surface area contributed by atoms with Gasteiger partial charge >= 0.3 is 5.97 Å². The number of thiazole rings is 1. The Morgan fingerprint density at radius 2 is 2.07 bits per heavy atom. The molecule has 0 aliphatic carbocycles. The highest BCUT2D eigenvalue weighted by Gasteiger charge is 2.08. The van der Waals surface area contributed by atoms with Crippen LogP contribution in [0.5, 0.6) is 0 Å². The van der Waals surface area contributed by atoms with Crippen molar-refractivity contribution >= 4 is 55.6 Å². The fourth-order valence-electron chi connectivity index (χ4n) is 2.61. The minimum absolute atomic E-state index is 0.295. The predicted molar refractivity (Wildman–Crippen MR) is 114 cm³/mol. The van der Waals surface area contributed by atoms with Crippen molar-refractivity contribution in [3.05, 3.63) is 60.3 Å². The lowest BCUT2D eigenvalue weighted by Crippen LogP contribution is -2.25. The van der Waals surface area contributed by atoms with Crippen molar-refractivity contribution in [3.8, 4) is 0 Å². The van der Waals surface area contributed by atoms with E-state index in [2.05, 4.69) is 26.7 Å². The Bertz CT molecular complexity index is 1000. The summed E-state index contributed by atoms with van der Waals surface area (Å²) in [5.41, 5.74) is 2.58. The summed E-state index contributed by atoms with van der Waals surface area (Å²) in [6, 6.07) is 13.2. The van der Waals surface area contributed by atoms with Gasteiger partial charge in [0.1, 0.15) is 0 Å². The van der Waals surface area contributed by atoms with Gasteiger partial charge in [-0.1, -0.05) is 29.5 Å². The van der Waals surface area contributed by atoms with Crippen molar-refractivity contribution < 1.29 is 9.53 Å². The van der Waals surface area contributed by atoms with Crippen LogP contribution in [0, 0.1) is 0 Å². The first-order chi connectivity index (χ1) is 13.6. The van der Waals surface area contributed by atoms with Crippen molar-refractivity contribution in [2.24, 2.45) is 10.2 Å². The summed E-state index contributed by atoms with van der Waals surface area (Å²) in [5, 5.41) is 9.73. The molecule has 2 aromatic carbocycles. The maximum Gasteiger partial charge on any atom is 0.312 e. The lowest BCUT2D eigenvalue weighted by atomic mass is 10.2. The molecule has 0 atom stereocenters. The molecule has 28 heavy (non-hydrogen) atoms. The summed E-state index contributed by atoms with van der Waals surface area (Å²) in [6.07, 6.45) is 1.45. The van der Waals surface area contributed by atoms with Gasteiger partial charge in [-0.25, -0.2) is 4.98 Å². The third-order valence-electron chi connectivity index (χ3n) is 3.99. The lowest BCUT2D eigenvalue weighted by molar-refractivity contribution is -0.137. The van der Waals surface area contributed by atoms with Crippen LogP contribution in [0.1, 0.15) is 13.3 Å². The molecule has 0 aliphatic rings. The van der Waals surface area contributed by atoms with Gasteiger partial charge in [0, 0.05) is 23.8 Å². The monoisotopic (exact) mass is 414 g/mol. The Balaban J connectivity index is 1.66. The van der Waals surface area contributed by atoms with Crippen molar-refractivity contribution in [2.45, 2.75) is 13.3 Å². The van der Waals surface area contributed by atoms with E-state index >= 15 is 0 Å². The molecule has 8 heteroatoms. The van der Waals surface area contributed by atoms with Gasteiger partial charge in [0.2, 0.25) is 5.13 Å². The first-order valence-corrected chi connectivity index (χ1v) is 9.91. The van der Waals surface area contributed by atoms with Crippen LogP contribution >= 0.6 is 22.9 Å². The molecule has 0 saturated heterocycles. The van der Waals surface area contributed by atoms with E-state index in [1.54, 1.807) is 6.07 Å². The largest absolute Gasteiger partial charge is 0.435 e. The summed E-state index contributed by atoms with van der Waals surface area (Å²) in [6.45, 7) is 6.76. The van der Waals surface area contributed by atoms with E-state index in [4.69, 9.17) is 16.3 Å². The number of ether oxygens (including phenoxy) is 1. The van der Waals surface area contributed by atoms with Crippen molar-refractivity contribution in [3.63, 3.8) is 0 Å². The number of benzene rings is 2.